The van der Waals surface area contributed by atoms with Gasteiger partial charge in [-0.3, -0.25) is 19.5 Å². The second kappa shape index (κ2) is 9.21. The molecule has 3 aromatic heterocycles. The van der Waals surface area contributed by atoms with Gasteiger partial charge < -0.3 is 19.4 Å². The van der Waals surface area contributed by atoms with Gasteiger partial charge in [0.25, 0.3) is 11.8 Å². The Kier molecular flexibility index (Phi) is 6.01. The van der Waals surface area contributed by atoms with Crippen molar-refractivity contribution in [2.75, 3.05) is 24.4 Å². The van der Waals surface area contributed by atoms with Crippen molar-refractivity contribution in [1.29, 1.82) is 0 Å². The summed E-state index contributed by atoms with van der Waals surface area (Å²) in [7, 11) is 3.04. The van der Waals surface area contributed by atoms with E-state index in [4.69, 9.17) is 37.7 Å². The molecule has 0 unspecified atom stereocenters. The van der Waals surface area contributed by atoms with Crippen LogP contribution in [0, 0.1) is 6.92 Å². The van der Waals surface area contributed by atoms with Crippen LogP contribution in [0.4, 0.5) is 11.4 Å². The molecule has 4 aromatic rings. The van der Waals surface area contributed by atoms with Gasteiger partial charge in [0.1, 0.15) is 11.6 Å². The summed E-state index contributed by atoms with van der Waals surface area (Å²) >= 11 is 12.7. The maximum absolute atomic E-state index is 14.4. The van der Waals surface area contributed by atoms with E-state index in [1.807, 2.05) is 18.4 Å². The molecule has 0 bridgehead atoms. The van der Waals surface area contributed by atoms with Crippen LogP contribution >= 0.6 is 23.2 Å². The van der Waals surface area contributed by atoms with Gasteiger partial charge in [0.15, 0.2) is 11.2 Å². The molecule has 12 heteroatoms. The van der Waals surface area contributed by atoms with Crippen molar-refractivity contribution in [3.05, 3.63) is 75.4 Å². The highest BCUT2D eigenvalue weighted by molar-refractivity contribution is 6.32. The minimum absolute atomic E-state index is 0.124. The maximum Gasteiger partial charge on any atom is 0.280 e. The Morgan fingerprint density at radius 1 is 1.00 bits per heavy atom. The topological polar surface area (TPSA) is 111 Å². The molecular formula is C28H24Cl2N6O4. The smallest absolute Gasteiger partial charge is 0.280 e. The normalized spacial score (nSPS) is 17.4. The molecule has 0 saturated carbocycles. The van der Waals surface area contributed by atoms with Crippen LogP contribution in [0.2, 0.25) is 10.0 Å². The van der Waals surface area contributed by atoms with E-state index in [2.05, 4.69) is 15.3 Å². The highest BCUT2D eigenvalue weighted by Gasteiger charge is 2.64. The zero-order chi connectivity index (χ0) is 28.5. The van der Waals surface area contributed by atoms with Gasteiger partial charge in [-0.05, 0) is 39.0 Å². The third-order valence-electron chi connectivity index (χ3n) is 7.24. The number of carbonyl (C=O) groups excluding carboxylic acids is 2. The van der Waals surface area contributed by atoms with Gasteiger partial charge in [-0.1, -0.05) is 29.3 Å². The van der Waals surface area contributed by atoms with Crippen LogP contribution in [-0.4, -0.2) is 45.6 Å². The second-order valence-electron chi connectivity index (χ2n) is 9.78. The first-order chi connectivity index (χ1) is 19.1. The average molecular weight is 579 g/mol. The van der Waals surface area contributed by atoms with Crippen molar-refractivity contribution in [1.82, 2.24) is 19.5 Å². The summed E-state index contributed by atoms with van der Waals surface area (Å²) in [5.74, 6) is 0.342. The predicted octanol–water partition coefficient (Wildman–Crippen LogP) is 5.41. The fourth-order valence-electron chi connectivity index (χ4n) is 5.59. The number of nitrogens with one attached hydrogen (secondary N) is 1. The summed E-state index contributed by atoms with van der Waals surface area (Å²) in [6, 6.07) is 8.16. The summed E-state index contributed by atoms with van der Waals surface area (Å²) in [6.07, 6.45) is 3.08. The van der Waals surface area contributed by atoms with Crippen molar-refractivity contribution >= 4 is 46.4 Å². The molecule has 2 aliphatic rings. The molecule has 0 radical (unpaired) electrons. The molecule has 1 atom stereocenters. The van der Waals surface area contributed by atoms with E-state index in [0.717, 1.165) is 0 Å². The lowest BCUT2D eigenvalue weighted by molar-refractivity contribution is -0.119. The fraction of sp³-hybridized carbons (Fsp3) is 0.250. The van der Waals surface area contributed by atoms with E-state index in [-0.39, 0.29) is 11.7 Å². The second-order valence-corrected chi connectivity index (χ2v) is 10.6. The molecule has 40 heavy (non-hydrogen) atoms. The van der Waals surface area contributed by atoms with Crippen molar-refractivity contribution in [3.8, 4) is 23.0 Å². The monoisotopic (exact) mass is 578 g/mol. The quantitative estimate of drug-likeness (QED) is 0.337. The van der Waals surface area contributed by atoms with E-state index in [0.29, 0.717) is 61.4 Å². The molecule has 1 spiro atoms. The lowest BCUT2D eigenvalue weighted by atomic mass is 9.87. The van der Waals surface area contributed by atoms with Crippen LogP contribution in [0.25, 0.3) is 11.4 Å². The number of carbonyl (C=O) groups is 2. The largest absolute Gasteiger partial charge is 0.496 e. The lowest BCUT2D eigenvalue weighted by Gasteiger charge is -2.36. The number of hydrogen-bond acceptors (Lipinski definition) is 7. The first-order valence-corrected chi connectivity index (χ1v) is 13.2. The summed E-state index contributed by atoms with van der Waals surface area (Å²) in [4.78, 5) is 43.7. The van der Waals surface area contributed by atoms with E-state index in [1.165, 1.54) is 25.3 Å². The van der Waals surface area contributed by atoms with Crippen molar-refractivity contribution < 1.29 is 19.1 Å². The number of pyridine rings is 2. The van der Waals surface area contributed by atoms with Crippen molar-refractivity contribution in [2.45, 2.75) is 32.4 Å². The molecule has 5 heterocycles. The van der Waals surface area contributed by atoms with Crippen molar-refractivity contribution in [3.63, 3.8) is 0 Å². The molecule has 10 nitrogen and oxygen atoms in total. The Bertz CT molecular complexity index is 1740. The Morgan fingerprint density at radius 2 is 1.77 bits per heavy atom. The highest BCUT2D eigenvalue weighted by Crippen LogP contribution is 2.55. The van der Waals surface area contributed by atoms with E-state index in [9.17, 15) is 9.59 Å². The SMILES string of the molecule is COc1cc(OC)c(-c2nc3c(n2C(C)C)[C@@]2(C(=O)Nc4cc(Cl)ccc42)N(c2cc(Cl)cnc2C)C3=O)cn1. The Morgan fingerprint density at radius 3 is 2.48 bits per heavy atom. The number of amides is 2. The number of hydrogen-bond donors (Lipinski definition) is 1. The number of rotatable bonds is 5. The minimum Gasteiger partial charge on any atom is -0.496 e. The van der Waals surface area contributed by atoms with Crippen LogP contribution in [0.5, 0.6) is 11.6 Å². The molecular weight excluding hydrogens is 555 g/mol. The van der Waals surface area contributed by atoms with E-state index < -0.39 is 17.4 Å². The molecule has 1 aromatic carbocycles. The summed E-state index contributed by atoms with van der Waals surface area (Å²) in [5.41, 5.74) is 1.43. The number of nitrogens with zero attached hydrogens (tertiary/aromatic N) is 5. The number of halogens is 2. The highest BCUT2D eigenvalue weighted by atomic mass is 35.5. The molecule has 1 N–H and O–H groups in total. The summed E-state index contributed by atoms with van der Waals surface area (Å²) in [5, 5.41) is 3.72. The van der Waals surface area contributed by atoms with Gasteiger partial charge in [-0.2, -0.15) is 0 Å². The van der Waals surface area contributed by atoms with Crippen LogP contribution in [0.1, 0.15) is 47.3 Å². The molecule has 0 aliphatic carbocycles. The average Bonchev–Trinajstić information content (AvgIpc) is 3.53. The van der Waals surface area contributed by atoms with Crippen molar-refractivity contribution in [2.24, 2.45) is 0 Å². The lowest BCUT2D eigenvalue weighted by Crippen LogP contribution is -2.51. The number of aromatic nitrogens is 4. The van der Waals surface area contributed by atoms with E-state index in [1.54, 1.807) is 43.5 Å². The van der Waals surface area contributed by atoms with Gasteiger partial charge in [0, 0.05) is 40.8 Å². The number of imidazole rings is 1. The number of ether oxygens (including phenoxy) is 2. The fourth-order valence-corrected chi connectivity index (χ4v) is 5.92. The van der Waals surface area contributed by atoms with Gasteiger partial charge in [-0.25, -0.2) is 9.97 Å². The maximum atomic E-state index is 14.4. The van der Waals surface area contributed by atoms with Crippen LogP contribution in [-0.2, 0) is 10.3 Å². The zero-order valence-electron chi connectivity index (χ0n) is 22.2. The number of methoxy groups -OCH3 is 2. The molecule has 6 rings (SSSR count). The minimum atomic E-state index is -1.62. The molecule has 2 amide bonds. The van der Waals surface area contributed by atoms with Crippen LogP contribution in [0.3, 0.4) is 0 Å². The standard InChI is InChI=1S/C28H24Cl2N6O4/c1-13(2)35-24-23(34-25(35)17-12-32-22(40-5)10-21(17)39-4)26(37)36(20-9-16(30)11-31-14(20)3)28(24)18-7-6-15(29)8-19(18)33-27(28)38/h6-13H,1-5H3,(H,33,38)/t28-/m0/s1. The summed E-state index contributed by atoms with van der Waals surface area (Å²) < 4.78 is 12.8. The Hall–Kier alpha value is -4.15. The predicted molar refractivity (Wildman–Crippen MR) is 151 cm³/mol. The van der Waals surface area contributed by atoms with E-state index >= 15 is 0 Å². The van der Waals surface area contributed by atoms with Gasteiger partial charge in [-0.15, -0.1) is 0 Å². The third-order valence-corrected chi connectivity index (χ3v) is 7.68. The molecule has 204 valence electrons. The molecule has 0 saturated heterocycles. The molecule has 0 fully saturated rings. The first kappa shape index (κ1) is 26.1. The molecule has 2 aliphatic heterocycles. The van der Waals surface area contributed by atoms with Gasteiger partial charge >= 0.3 is 0 Å². The Labute approximate surface area is 239 Å². The first-order valence-electron chi connectivity index (χ1n) is 12.4. The number of benzene rings is 1. The zero-order valence-corrected chi connectivity index (χ0v) is 23.8. The number of anilines is 2. The number of aryl methyl sites for hydroxylation is 1. The van der Waals surface area contributed by atoms with Gasteiger partial charge in [0.05, 0.1) is 41.9 Å². The van der Waals surface area contributed by atoms with Gasteiger partial charge in [0.2, 0.25) is 5.88 Å². The Balaban J connectivity index is 1.73. The number of fused-ring (bicyclic) bond motifs is 4. The third kappa shape index (κ3) is 3.45. The van der Waals surface area contributed by atoms with Crippen LogP contribution in [0.15, 0.2) is 42.7 Å². The summed E-state index contributed by atoms with van der Waals surface area (Å²) in [6.45, 7) is 5.67. The van der Waals surface area contributed by atoms with Crippen LogP contribution < -0.4 is 19.7 Å².